The fraction of sp³-hybridized carbons (Fsp3) is 0.158. The largest absolute Gasteiger partial charge is 0.278 e. The highest BCUT2D eigenvalue weighted by atomic mass is 19.1. The number of aromatic amines is 1. The van der Waals surface area contributed by atoms with Crippen molar-refractivity contribution in [1.29, 1.82) is 0 Å². The van der Waals surface area contributed by atoms with Crippen molar-refractivity contribution < 1.29 is 8.78 Å². The molecule has 25 heavy (non-hydrogen) atoms. The standard InChI is InChI=1S/C19H14F2N4/c20-13-4-5-15(21)14(9-13)19-18(17-2-1-7-25(17)24-19)11-3-6-16-12(8-11)10-22-23-16/h3-6,8-10H,1-2,7H2,(H,22,23). The SMILES string of the molecule is Fc1ccc(F)c(-c2nn3c(c2-c2ccc4[nH]ncc4c2)CCC3)c1. The zero-order valence-corrected chi connectivity index (χ0v) is 13.3. The third-order valence-corrected chi connectivity index (χ3v) is 4.75. The number of halogens is 2. The molecule has 0 bridgehead atoms. The van der Waals surface area contributed by atoms with E-state index in [4.69, 9.17) is 0 Å². The van der Waals surface area contributed by atoms with Crippen LogP contribution in [0.5, 0.6) is 0 Å². The molecule has 0 saturated heterocycles. The molecule has 0 amide bonds. The summed E-state index contributed by atoms with van der Waals surface area (Å²) in [5, 5.41) is 12.5. The number of fused-ring (bicyclic) bond motifs is 2. The second kappa shape index (κ2) is 5.24. The molecule has 5 rings (SSSR count). The first-order chi connectivity index (χ1) is 12.2. The van der Waals surface area contributed by atoms with Crippen LogP contribution in [-0.4, -0.2) is 20.0 Å². The Bertz CT molecular complexity index is 1110. The summed E-state index contributed by atoms with van der Waals surface area (Å²) >= 11 is 0. The Morgan fingerprint density at radius 1 is 1.08 bits per heavy atom. The summed E-state index contributed by atoms with van der Waals surface area (Å²) in [4.78, 5) is 0. The fourth-order valence-electron chi connectivity index (χ4n) is 3.60. The molecule has 0 fully saturated rings. The van der Waals surface area contributed by atoms with E-state index in [0.29, 0.717) is 5.69 Å². The average molecular weight is 336 g/mol. The number of nitrogens with zero attached hydrogens (tertiary/aromatic N) is 3. The lowest BCUT2D eigenvalue weighted by molar-refractivity contribution is 0.601. The second-order valence-electron chi connectivity index (χ2n) is 6.29. The van der Waals surface area contributed by atoms with Gasteiger partial charge in [0.2, 0.25) is 0 Å². The van der Waals surface area contributed by atoms with Crippen molar-refractivity contribution in [1.82, 2.24) is 20.0 Å². The van der Waals surface area contributed by atoms with Gasteiger partial charge in [0.1, 0.15) is 17.3 Å². The zero-order chi connectivity index (χ0) is 17.0. The molecule has 0 unspecified atom stereocenters. The van der Waals surface area contributed by atoms with Crippen LogP contribution in [0.3, 0.4) is 0 Å². The van der Waals surface area contributed by atoms with Crippen LogP contribution < -0.4 is 0 Å². The van der Waals surface area contributed by atoms with Gasteiger partial charge in [-0.3, -0.25) is 9.78 Å². The molecular formula is C19H14F2N4. The monoisotopic (exact) mass is 336 g/mol. The van der Waals surface area contributed by atoms with Gasteiger partial charge in [-0.15, -0.1) is 0 Å². The molecular weight excluding hydrogens is 322 g/mol. The minimum atomic E-state index is -0.471. The van der Waals surface area contributed by atoms with Gasteiger partial charge in [0.15, 0.2) is 0 Å². The summed E-state index contributed by atoms with van der Waals surface area (Å²) in [6, 6.07) is 9.42. The molecule has 0 aliphatic carbocycles. The maximum absolute atomic E-state index is 14.4. The van der Waals surface area contributed by atoms with Gasteiger partial charge < -0.3 is 0 Å². The molecule has 4 nitrogen and oxygen atoms in total. The highest BCUT2D eigenvalue weighted by molar-refractivity contribution is 5.89. The van der Waals surface area contributed by atoms with Crippen molar-refractivity contribution in [3.05, 3.63) is 59.9 Å². The van der Waals surface area contributed by atoms with Gasteiger partial charge in [-0.05, 0) is 48.7 Å². The van der Waals surface area contributed by atoms with Gasteiger partial charge in [0, 0.05) is 28.8 Å². The van der Waals surface area contributed by atoms with Crippen molar-refractivity contribution in [2.24, 2.45) is 0 Å². The Labute approximate surface area is 142 Å². The first-order valence-electron chi connectivity index (χ1n) is 8.19. The molecule has 6 heteroatoms. The van der Waals surface area contributed by atoms with Crippen molar-refractivity contribution in [3.8, 4) is 22.4 Å². The summed E-state index contributed by atoms with van der Waals surface area (Å²) in [7, 11) is 0. The summed E-state index contributed by atoms with van der Waals surface area (Å²) < 4.78 is 30.0. The number of hydrogen-bond donors (Lipinski definition) is 1. The van der Waals surface area contributed by atoms with Crippen LogP contribution in [0.15, 0.2) is 42.6 Å². The molecule has 0 spiro atoms. The van der Waals surface area contributed by atoms with Crippen LogP contribution in [0.1, 0.15) is 12.1 Å². The summed E-state index contributed by atoms with van der Waals surface area (Å²) in [5.41, 5.74) is 4.52. The summed E-state index contributed by atoms with van der Waals surface area (Å²) in [6.07, 6.45) is 3.64. The van der Waals surface area contributed by atoms with Crippen LogP contribution in [0.4, 0.5) is 8.78 Å². The quantitative estimate of drug-likeness (QED) is 0.593. The highest BCUT2D eigenvalue weighted by Crippen LogP contribution is 2.39. The van der Waals surface area contributed by atoms with Gasteiger partial charge in [0.25, 0.3) is 0 Å². The van der Waals surface area contributed by atoms with Crippen molar-refractivity contribution >= 4 is 10.9 Å². The molecule has 4 aromatic rings. The molecule has 1 aliphatic rings. The van der Waals surface area contributed by atoms with E-state index in [-0.39, 0.29) is 5.56 Å². The second-order valence-corrected chi connectivity index (χ2v) is 6.29. The molecule has 0 radical (unpaired) electrons. The molecule has 124 valence electrons. The lowest BCUT2D eigenvalue weighted by Gasteiger charge is -2.07. The van der Waals surface area contributed by atoms with Gasteiger partial charge in [0.05, 0.1) is 11.7 Å². The Morgan fingerprint density at radius 2 is 2.00 bits per heavy atom. The number of rotatable bonds is 2. The normalized spacial score (nSPS) is 13.5. The Balaban J connectivity index is 1.79. The fourth-order valence-corrected chi connectivity index (χ4v) is 3.60. The number of aromatic nitrogens is 4. The molecule has 2 aromatic carbocycles. The highest BCUT2D eigenvalue weighted by Gasteiger charge is 2.25. The molecule has 0 saturated carbocycles. The Morgan fingerprint density at radius 3 is 2.92 bits per heavy atom. The lowest BCUT2D eigenvalue weighted by Crippen LogP contribution is -1.95. The Hall–Kier alpha value is -3.02. The predicted octanol–water partition coefficient (Wildman–Crippen LogP) is 4.32. The number of aryl methyl sites for hydroxylation is 1. The molecule has 1 aliphatic heterocycles. The smallest absolute Gasteiger partial charge is 0.132 e. The van der Waals surface area contributed by atoms with Gasteiger partial charge in [-0.2, -0.15) is 10.2 Å². The summed E-state index contributed by atoms with van der Waals surface area (Å²) in [6.45, 7) is 0.799. The van der Waals surface area contributed by atoms with E-state index in [0.717, 1.165) is 59.2 Å². The first kappa shape index (κ1) is 14.3. The first-order valence-corrected chi connectivity index (χ1v) is 8.19. The lowest BCUT2D eigenvalue weighted by atomic mass is 9.96. The van der Waals surface area contributed by atoms with Gasteiger partial charge in [-0.1, -0.05) is 6.07 Å². The van der Waals surface area contributed by atoms with E-state index < -0.39 is 11.6 Å². The third kappa shape index (κ3) is 2.17. The molecule has 2 aromatic heterocycles. The molecule has 0 atom stereocenters. The van der Waals surface area contributed by atoms with E-state index in [1.54, 1.807) is 6.20 Å². The molecule has 3 heterocycles. The number of hydrogen-bond acceptors (Lipinski definition) is 2. The van der Waals surface area contributed by atoms with E-state index in [2.05, 4.69) is 15.3 Å². The van der Waals surface area contributed by atoms with Crippen LogP contribution in [0, 0.1) is 11.6 Å². The minimum Gasteiger partial charge on any atom is -0.278 e. The number of H-pyrrole nitrogens is 1. The van der Waals surface area contributed by atoms with Gasteiger partial charge >= 0.3 is 0 Å². The number of nitrogens with one attached hydrogen (secondary N) is 1. The maximum atomic E-state index is 14.4. The van der Waals surface area contributed by atoms with Crippen molar-refractivity contribution in [3.63, 3.8) is 0 Å². The van der Waals surface area contributed by atoms with Crippen molar-refractivity contribution in [2.75, 3.05) is 0 Å². The van der Waals surface area contributed by atoms with E-state index >= 15 is 0 Å². The van der Waals surface area contributed by atoms with Crippen molar-refractivity contribution in [2.45, 2.75) is 19.4 Å². The van der Waals surface area contributed by atoms with Crippen LogP contribution in [0.25, 0.3) is 33.3 Å². The molecule has 1 N–H and O–H groups in total. The van der Waals surface area contributed by atoms with Crippen LogP contribution in [0.2, 0.25) is 0 Å². The average Bonchev–Trinajstić information content (AvgIpc) is 3.30. The number of benzene rings is 2. The van der Waals surface area contributed by atoms with Crippen LogP contribution in [-0.2, 0) is 13.0 Å². The maximum Gasteiger partial charge on any atom is 0.132 e. The minimum absolute atomic E-state index is 0.198. The van der Waals surface area contributed by atoms with E-state index in [1.165, 1.54) is 6.07 Å². The van der Waals surface area contributed by atoms with E-state index in [9.17, 15) is 8.78 Å². The third-order valence-electron chi connectivity index (χ3n) is 4.75. The summed E-state index contributed by atoms with van der Waals surface area (Å²) in [5.74, 6) is -0.940. The van der Waals surface area contributed by atoms with Gasteiger partial charge in [-0.25, -0.2) is 8.78 Å². The predicted molar refractivity (Wildman–Crippen MR) is 91.0 cm³/mol. The Kier molecular flexibility index (Phi) is 3.00. The van der Waals surface area contributed by atoms with E-state index in [1.807, 2.05) is 22.9 Å². The van der Waals surface area contributed by atoms with Crippen LogP contribution >= 0.6 is 0 Å². The topological polar surface area (TPSA) is 46.5 Å². The zero-order valence-electron chi connectivity index (χ0n) is 13.3.